The first-order valence-corrected chi connectivity index (χ1v) is 5.40. The number of para-hydroxylation sites is 1. The van der Waals surface area contributed by atoms with Gasteiger partial charge in [0.25, 0.3) is 0 Å². The van der Waals surface area contributed by atoms with E-state index in [1.807, 2.05) is 19.1 Å². The van der Waals surface area contributed by atoms with E-state index in [-0.39, 0.29) is 6.03 Å². The Morgan fingerprint density at radius 3 is 2.71 bits per heavy atom. The van der Waals surface area contributed by atoms with Crippen LogP contribution in [0.25, 0.3) is 0 Å². The number of carbonyl (C=O) groups excluding carboxylic acids is 1. The number of hydrogen-bond acceptors (Lipinski definition) is 3. The molecular weight excluding hydrogens is 218 g/mol. The molecule has 2 amide bonds. The monoisotopic (exact) mass is 235 g/mol. The Hall–Kier alpha value is -2.04. The van der Waals surface area contributed by atoms with Crippen molar-refractivity contribution in [3.63, 3.8) is 0 Å². The van der Waals surface area contributed by atoms with Gasteiger partial charge in [0.15, 0.2) is 0 Å². The lowest BCUT2D eigenvalue weighted by Gasteiger charge is -2.17. The molecule has 5 heteroatoms. The van der Waals surface area contributed by atoms with Gasteiger partial charge in [-0.1, -0.05) is 23.4 Å². The highest BCUT2D eigenvalue weighted by Gasteiger charge is 2.10. The number of nitrogens with zero attached hydrogens (tertiary/aromatic N) is 2. The largest absolute Gasteiger partial charge is 0.411 e. The molecule has 0 unspecified atom stereocenters. The molecule has 1 aromatic carbocycles. The highest BCUT2D eigenvalue weighted by molar-refractivity contribution is 6.05. The highest BCUT2D eigenvalue weighted by Crippen LogP contribution is 2.16. The number of oxime groups is 1. The summed E-state index contributed by atoms with van der Waals surface area (Å²) in [7, 11) is 1.71. The Balaban J connectivity index is 2.95. The average Bonchev–Trinajstić information content (AvgIpc) is 2.37. The predicted octanol–water partition coefficient (Wildman–Crippen LogP) is 2.37. The summed E-state index contributed by atoms with van der Waals surface area (Å²) in [6, 6.07) is 7.01. The summed E-state index contributed by atoms with van der Waals surface area (Å²) in [4.78, 5) is 13.3. The van der Waals surface area contributed by atoms with E-state index in [0.717, 1.165) is 0 Å². The molecule has 0 atom stereocenters. The summed E-state index contributed by atoms with van der Waals surface area (Å²) >= 11 is 0. The van der Waals surface area contributed by atoms with Crippen molar-refractivity contribution in [1.29, 1.82) is 0 Å². The number of benzene rings is 1. The SMILES string of the molecule is CCN(C)C(=O)Nc1ccccc1C(C)=NO. The van der Waals surface area contributed by atoms with E-state index >= 15 is 0 Å². The highest BCUT2D eigenvalue weighted by atomic mass is 16.4. The molecule has 0 radical (unpaired) electrons. The predicted molar refractivity (Wildman–Crippen MR) is 67.8 cm³/mol. The molecule has 2 N–H and O–H groups in total. The average molecular weight is 235 g/mol. The normalized spacial score (nSPS) is 11.1. The Morgan fingerprint density at radius 2 is 2.12 bits per heavy atom. The molecule has 0 heterocycles. The molecule has 0 aliphatic rings. The Kier molecular flexibility index (Phi) is 4.51. The van der Waals surface area contributed by atoms with E-state index in [2.05, 4.69) is 10.5 Å². The Labute approximate surface area is 101 Å². The third-order valence-electron chi connectivity index (χ3n) is 2.53. The first kappa shape index (κ1) is 13.0. The lowest BCUT2D eigenvalue weighted by molar-refractivity contribution is 0.224. The molecule has 0 aliphatic carbocycles. The molecule has 92 valence electrons. The third-order valence-corrected chi connectivity index (χ3v) is 2.53. The van der Waals surface area contributed by atoms with Gasteiger partial charge in [-0.3, -0.25) is 0 Å². The molecule has 0 bridgehead atoms. The quantitative estimate of drug-likeness (QED) is 0.480. The van der Waals surface area contributed by atoms with Crippen LogP contribution in [0.3, 0.4) is 0 Å². The number of carbonyl (C=O) groups is 1. The fraction of sp³-hybridized carbons (Fsp3) is 0.333. The van der Waals surface area contributed by atoms with Crippen LogP contribution < -0.4 is 5.32 Å². The first-order valence-electron chi connectivity index (χ1n) is 5.40. The molecule has 17 heavy (non-hydrogen) atoms. The minimum Gasteiger partial charge on any atom is -0.411 e. The first-order chi connectivity index (χ1) is 8.10. The van der Waals surface area contributed by atoms with Crippen molar-refractivity contribution in [2.75, 3.05) is 18.9 Å². The van der Waals surface area contributed by atoms with Crippen molar-refractivity contribution in [2.45, 2.75) is 13.8 Å². The second kappa shape index (κ2) is 5.89. The van der Waals surface area contributed by atoms with Crippen molar-refractivity contribution < 1.29 is 10.0 Å². The third kappa shape index (κ3) is 3.21. The van der Waals surface area contributed by atoms with Crippen molar-refractivity contribution >= 4 is 17.4 Å². The number of urea groups is 1. The topological polar surface area (TPSA) is 64.9 Å². The maximum atomic E-state index is 11.7. The van der Waals surface area contributed by atoms with Crippen LogP contribution in [0.1, 0.15) is 19.4 Å². The minimum atomic E-state index is -0.189. The van der Waals surface area contributed by atoms with E-state index < -0.39 is 0 Å². The molecule has 0 saturated carbocycles. The van der Waals surface area contributed by atoms with Gasteiger partial charge in [0, 0.05) is 19.2 Å². The summed E-state index contributed by atoms with van der Waals surface area (Å²) in [6.07, 6.45) is 0. The van der Waals surface area contributed by atoms with Gasteiger partial charge < -0.3 is 15.4 Å². The molecule has 1 rings (SSSR count). The van der Waals surface area contributed by atoms with Crippen LogP contribution in [-0.4, -0.2) is 35.4 Å². The lowest BCUT2D eigenvalue weighted by Crippen LogP contribution is -2.31. The lowest BCUT2D eigenvalue weighted by atomic mass is 10.1. The summed E-state index contributed by atoms with van der Waals surface area (Å²) in [5.41, 5.74) is 1.79. The Bertz CT molecular complexity index is 430. The fourth-order valence-electron chi connectivity index (χ4n) is 1.32. The molecule has 0 fully saturated rings. The van der Waals surface area contributed by atoms with Crippen molar-refractivity contribution in [3.8, 4) is 0 Å². The van der Waals surface area contributed by atoms with Crippen LogP contribution in [0.15, 0.2) is 29.4 Å². The van der Waals surface area contributed by atoms with E-state index in [4.69, 9.17) is 5.21 Å². The van der Waals surface area contributed by atoms with Crippen LogP contribution in [0.2, 0.25) is 0 Å². The van der Waals surface area contributed by atoms with Gasteiger partial charge in [-0.05, 0) is 19.9 Å². The van der Waals surface area contributed by atoms with Gasteiger partial charge in [0.1, 0.15) is 0 Å². The number of nitrogens with one attached hydrogen (secondary N) is 1. The van der Waals surface area contributed by atoms with Crippen molar-refractivity contribution in [1.82, 2.24) is 4.90 Å². The molecular formula is C12H17N3O2. The smallest absolute Gasteiger partial charge is 0.321 e. The van der Waals surface area contributed by atoms with Gasteiger partial charge in [-0.2, -0.15) is 0 Å². The minimum absolute atomic E-state index is 0.189. The zero-order chi connectivity index (χ0) is 12.8. The van der Waals surface area contributed by atoms with Crippen LogP contribution in [0.5, 0.6) is 0 Å². The van der Waals surface area contributed by atoms with E-state index in [1.165, 1.54) is 0 Å². The molecule has 5 nitrogen and oxygen atoms in total. The summed E-state index contributed by atoms with van der Waals surface area (Å²) in [5, 5.41) is 14.7. The fourth-order valence-corrected chi connectivity index (χ4v) is 1.32. The molecule has 1 aromatic rings. The molecule has 0 saturated heterocycles. The van der Waals surface area contributed by atoms with Crippen LogP contribution >= 0.6 is 0 Å². The van der Waals surface area contributed by atoms with E-state index in [1.54, 1.807) is 31.0 Å². The zero-order valence-corrected chi connectivity index (χ0v) is 10.3. The van der Waals surface area contributed by atoms with Gasteiger partial charge in [0.2, 0.25) is 0 Å². The van der Waals surface area contributed by atoms with Crippen LogP contribution in [0.4, 0.5) is 10.5 Å². The zero-order valence-electron chi connectivity index (χ0n) is 10.3. The summed E-state index contributed by atoms with van der Waals surface area (Å²) in [6.45, 7) is 4.20. The number of rotatable bonds is 3. The van der Waals surface area contributed by atoms with E-state index in [0.29, 0.717) is 23.5 Å². The summed E-state index contributed by atoms with van der Waals surface area (Å²) in [5.74, 6) is 0. The van der Waals surface area contributed by atoms with Gasteiger partial charge >= 0.3 is 6.03 Å². The number of amides is 2. The number of anilines is 1. The molecule has 0 aromatic heterocycles. The second-order valence-electron chi connectivity index (χ2n) is 3.68. The maximum absolute atomic E-state index is 11.7. The van der Waals surface area contributed by atoms with Crippen LogP contribution in [0, 0.1) is 0 Å². The van der Waals surface area contributed by atoms with Crippen molar-refractivity contribution in [3.05, 3.63) is 29.8 Å². The van der Waals surface area contributed by atoms with Crippen LogP contribution in [-0.2, 0) is 0 Å². The summed E-state index contributed by atoms with van der Waals surface area (Å²) < 4.78 is 0. The number of hydrogen-bond donors (Lipinski definition) is 2. The molecule has 0 aliphatic heterocycles. The standard InChI is InChI=1S/C12H17N3O2/c1-4-15(3)12(16)13-11-8-6-5-7-10(11)9(2)14-17/h5-8,17H,4H2,1-3H3,(H,13,16). The van der Waals surface area contributed by atoms with Gasteiger partial charge in [-0.25, -0.2) is 4.79 Å². The van der Waals surface area contributed by atoms with Gasteiger partial charge in [0.05, 0.1) is 11.4 Å². The Morgan fingerprint density at radius 1 is 1.47 bits per heavy atom. The molecule has 0 spiro atoms. The van der Waals surface area contributed by atoms with Gasteiger partial charge in [-0.15, -0.1) is 0 Å². The maximum Gasteiger partial charge on any atom is 0.321 e. The second-order valence-corrected chi connectivity index (χ2v) is 3.68. The van der Waals surface area contributed by atoms with Crippen molar-refractivity contribution in [2.24, 2.45) is 5.16 Å². The van der Waals surface area contributed by atoms with E-state index in [9.17, 15) is 4.79 Å².